The van der Waals surface area contributed by atoms with Crippen molar-refractivity contribution >= 4 is 33.2 Å². The van der Waals surface area contributed by atoms with Crippen LogP contribution >= 0.6 is 11.6 Å². The third kappa shape index (κ3) is 5.50. The van der Waals surface area contributed by atoms with Gasteiger partial charge in [-0.1, -0.05) is 43.1 Å². The lowest BCUT2D eigenvalue weighted by Gasteiger charge is -2.20. The van der Waals surface area contributed by atoms with Crippen molar-refractivity contribution in [3.63, 3.8) is 0 Å². The fraction of sp³-hybridized carbons (Fsp3) is 0.381. The second-order valence-electron chi connectivity index (χ2n) is 6.79. The molecule has 0 aromatic heterocycles. The molecule has 0 saturated heterocycles. The van der Waals surface area contributed by atoms with E-state index in [1.807, 2.05) is 32.9 Å². The van der Waals surface area contributed by atoms with Crippen LogP contribution in [0.4, 0.5) is 5.69 Å². The predicted molar refractivity (Wildman–Crippen MR) is 116 cm³/mol. The highest BCUT2D eigenvalue weighted by molar-refractivity contribution is 7.89. The maximum absolute atomic E-state index is 12.9. The number of carbonyl (C=O) groups is 1. The summed E-state index contributed by atoms with van der Waals surface area (Å²) in [5.41, 5.74) is 3.75. The van der Waals surface area contributed by atoms with Crippen LogP contribution in [-0.4, -0.2) is 38.3 Å². The van der Waals surface area contributed by atoms with E-state index < -0.39 is 10.0 Å². The summed E-state index contributed by atoms with van der Waals surface area (Å²) in [6, 6.07) is 8.31. The first-order valence-electron chi connectivity index (χ1n) is 9.40. The maximum Gasteiger partial charge on any atom is 0.262 e. The normalized spacial score (nSPS) is 11.6. The quantitative estimate of drug-likeness (QED) is 0.666. The molecule has 0 bridgehead atoms. The van der Waals surface area contributed by atoms with Gasteiger partial charge in [-0.15, -0.1) is 0 Å². The van der Waals surface area contributed by atoms with Gasteiger partial charge in [-0.05, 0) is 50.1 Å². The van der Waals surface area contributed by atoms with Crippen LogP contribution in [0.1, 0.15) is 30.5 Å². The number of rotatable bonds is 8. The zero-order chi connectivity index (χ0) is 21.8. The molecular weight excluding hydrogens is 412 g/mol. The van der Waals surface area contributed by atoms with Crippen LogP contribution in [0.2, 0.25) is 5.02 Å². The molecule has 158 valence electrons. The second kappa shape index (κ2) is 9.61. The van der Waals surface area contributed by atoms with Crippen LogP contribution in [0.3, 0.4) is 0 Å². The summed E-state index contributed by atoms with van der Waals surface area (Å²) in [5.74, 6) is -0.282. The highest BCUT2D eigenvalue weighted by atomic mass is 35.5. The van der Waals surface area contributed by atoms with Crippen LogP contribution in [0, 0.1) is 20.8 Å². The van der Waals surface area contributed by atoms with Gasteiger partial charge < -0.3 is 10.1 Å². The molecule has 0 spiro atoms. The number of hydrogen-bond acceptors (Lipinski definition) is 4. The summed E-state index contributed by atoms with van der Waals surface area (Å²) in [5, 5.41) is 3.12. The molecule has 2 aromatic rings. The van der Waals surface area contributed by atoms with Crippen molar-refractivity contribution in [2.75, 3.05) is 25.0 Å². The largest absolute Gasteiger partial charge is 0.482 e. The summed E-state index contributed by atoms with van der Waals surface area (Å²) < 4.78 is 32.7. The molecule has 0 aliphatic heterocycles. The third-order valence-electron chi connectivity index (χ3n) is 4.53. The van der Waals surface area contributed by atoms with Crippen LogP contribution in [0.15, 0.2) is 35.2 Å². The lowest BCUT2D eigenvalue weighted by atomic mass is 10.1. The minimum atomic E-state index is -3.79. The molecule has 0 aliphatic rings. The van der Waals surface area contributed by atoms with Crippen molar-refractivity contribution in [3.05, 3.63) is 52.0 Å². The number of anilines is 1. The number of amides is 1. The molecule has 0 fully saturated rings. The molecule has 0 radical (unpaired) electrons. The van der Waals surface area contributed by atoms with Crippen LogP contribution in [0.25, 0.3) is 0 Å². The molecule has 0 atom stereocenters. The Labute approximate surface area is 177 Å². The zero-order valence-corrected chi connectivity index (χ0v) is 18.9. The second-order valence-corrected chi connectivity index (χ2v) is 9.13. The first kappa shape index (κ1) is 23.2. The van der Waals surface area contributed by atoms with E-state index in [1.54, 1.807) is 13.8 Å². The fourth-order valence-electron chi connectivity index (χ4n) is 3.20. The number of ether oxygens (including phenoxy) is 1. The van der Waals surface area contributed by atoms with Gasteiger partial charge in [0.25, 0.3) is 5.91 Å². The number of benzene rings is 2. The number of nitrogens with zero attached hydrogens (tertiary/aromatic N) is 1. The topological polar surface area (TPSA) is 75.7 Å². The van der Waals surface area contributed by atoms with E-state index >= 15 is 0 Å². The smallest absolute Gasteiger partial charge is 0.262 e. The minimum Gasteiger partial charge on any atom is -0.482 e. The molecule has 0 heterocycles. The number of aryl methyl sites for hydroxylation is 3. The first-order chi connectivity index (χ1) is 13.6. The number of halogens is 1. The molecule has 0 aliphatic carbocycles. The number of hydrogen-bond donors (Lipinski definition) is 1. The van der Waals surface area contributed by atoms with E-state index in [9.17, 15) is 13.2 Å². The van der Waals surface area contributed by atoms with Gasteiger partial charge in [-0.25, -0.2) is 8.42 Å². The van der Waals surface area contributed by atoms with Crippen molar-refractivity contribution in [1.82, 2.24) is 4.31 Å². The van der Waals surface area contributed by atoms with E-state index in [-0.39, 0.29) is 28.2 Å². The number of carbonyl (C=O) groups excluding carboxylic acids is 1. The molecular formula is C21H27ClN2O4S. The van der Waals surface area contributed by atoms with Gasteiger partial charge >= 0.3 is 0 Å². The fourth-order valence-corrected chi connectivity index (χ4v) is 5.05. The average Bonchev–Trinajstić information content (AvgIpc) is 2.64. The Bertz CT molecular complexity index is 979. The Morgan fingerprint density at radius 2 is 1.66 bits per heavy atom. The number of sulfonamides is 1. The molecule has 0 saturated carbocycles. The zero-order valence-electron chi connectivity index (χ0n) is 17.4. The van der Waals surface area contributed by atoms with Gasteiger partial charge in [0.15, 0.2) is 6.61 Å². The highest BCUT2D eigenvalue weighted by Gasteiger charge is 2.26. The Hall–Kier alpha value is -2.09. The van der Waals surface area contributed by atoms with Gasteiger partial charge in [0.2, 0.25) is 10.0 Å². The Balaban J connectivity index is 2.22. The van der Waals surface area contributed by atoms with E-state index in [2.05, 4.69) is 5.32 Å². The predicted octanol–water partition coefficient (Wildman–Crippen LogP) is 4.31. The number of nitrogens with one attached hydrogen (secondary N) is 1. The first-order valence-corrected chi connectivity index (χ1v) is 11.2. The summed E-state index contributed by atoms with van der Waals surface area (Å²) in [6.07, 6.45) is 0. The van der Waals surface area contributed by atoms with Gasteiger partial charge in [-0.3, -0.25) is 4.79 Å². The van der Waals surface area contributed by atoms with Crippen LogP contribution < -0.4 is 10.1 Å². The Morgan fingerprint density at radius 3 is 2.21 bits per heavy atom. The SMILES string of the molecule is CCN(CC)S(=O)(=O)c1cc(Cl)ccc1OCC(=O)Nc1c(C)cc(C)cc1C. The molecule has 2 rings (SSSR count). The third-order valence-corrected chi connectivity index (χ3v) is 6.84. The molecule has 2 aromatic carbocycles. The van der Waals surface area contributed by atoms with Gasteiger partial charge in [0.05, 0.1) is 0 Å². The summed E-state index contributed by atoms with van der Waals surface area (Å²) >= 11 is 6.01. The maximum atomic E-state index is 12.9. The molecule has 1 N–H and O–H groups in total. The summed E-state index contributed by atoms with van der Waals surface area (Å²) in [4.78, 5) is 12.4. The van der Waals surface area contributed by atoms with Crippen molar-refractivity contribution in [2.45, 2.75) is 39.5 Å². The van der Waals surface area contributed by atoms with Crippen molar-refractivity contribution in [2.24, 2.45) is 0 Å². The molecule has 0 unspecified atom stereocenters. The van der Waals surface area contributed by atoms with Crippen LogP contribution in [-0.2, 0) is 14.8 Å². The average molecular weight is 439 g/mol. The molecule has 29 heavy (non-hydrogen) atoms. The van der Waals surface area contributed by atoms with Crippen molar-refractivity contribution in [3.8, 4) is 5.75 Å². The van der Waals surface area contributed by atoms with Gasteiger partial charge in [0, 0.05) is 23.8 Å². The molecule has 6 nitrogen and oxygen atoms in total. The Morgan fingerprint density at radius 1 is 1.07 bits per heavy atom. The van der Waals surface area contributed by atoms with Gasteiger partial charge in [-0.2, -0.15) is 4.31 Å². The molecule has 1 amide bonds. The van der Waals surface area contributed by atoms with E-state index in [4.69, 9.17) is 16.3 Å². The Kier molecular flexibility index (Phi) is 7.68. The minimum absolute atomic E-state index is 0.0517. The lowest BCUT2D eigenvalue weighted by molar-refractivity contribution is -0.118. The summed E-state index contributed by atoms with van der Waals surface area (Å²) in [6.45, 7) is 9.66. The van der Waals surface area contributed by atoms with Crippen LogP contribution in [0.5, 0.6) is 5.75 Å². The highest BCUT2D eigenvalue weighted by Crippen LogP contribution is 2.30. The van der Waals surface area contributed by atoms with E-state index in [1.165, 1.54) is 22.5 Å². The standard InChI is InChI=1S/C21H27ClN2O4S/c1-6-24(7-2)29(26,27)19-12-17(22)8-9-18(19)28-13-20(25)23-21-15(4)10-14(3)11-16(21)5/h8-12H,6-7,13H2,1-5H3,(H,23,25). The van der Waals surface area contributed by atoms with E-state index in [0.717, 1.165) is 22.4 Å². The monoisotopic (exact) mass is 438 g/mol. The van der Waals surface area contributed by atoms with E-state index in [0.29, 0.717) is 13.1 Å². The lowest BCUT2D eigenvalue weighted by Crippen LogP contribution is -2.31. The molecule has 8 heteroatoms. The van der Waals surface area contributed by atoms with Crippen molar-refractivity contribution < 1.29 is 17.9 Å². The van der Waals surface area contributed by atoms with Crippen molar-refractivity contribution in [1.29, 1.82) is 0 Å². The summed E-state index contributed by atoms with van der Waals surface area (Å²) in [7, 11) is -3.79. The van der Waals surface area contributed by atoms with Gasteiger partial charge in [0.1, 0.15) is 10.6 Å².